The molecule has 0 aliphatic rings. The molecule has 2 N–H and O–H groups in total. The first kappa shape index (κ1) is 14.8. The Balaban J connectivity index is 2.04. The van der Waals surface area contributed by atoms with Crippen molar-refractivity contribution in [1.29, 1.82) is 0 Å². The minimum Gasteiger partial charge on any atom is -0.384 e. The molecule has 1 heterocycles. The molecule has 1 amide bonds. The van der Waals surface area contributed by atoms with Gasteiger partial charge >= 0.3 is 0 Å². The molecule has 5 nitrogen and oxygen atoms in total. The lowest BCUT2D eigenvalue weighted by Gasteiger charge is -2.07. The summed E-state index contributed by atoms with van der Waals surface area (Å²) < 4.78 is 15.0. The third-order valence-corrected chi connectivity index (χ3v) is 2.74. The predicted molar refractivity (Wildman–Crippen MR) is 74.9 cm³/mol. The topological polar surface area (TPSA) is 67.2 Å². The summed E-state index contributed by atoms with van der Waals surface area (Å²) in [6.07, 6.45) is 5.11. The largest absolute Gasteiger partial charge is 0.384 e. The molecule has 0 unspecified atom stereocenters. The van der Waals surface area contributed by atoms with Gasteiger partial charge in [-0.2, -0.15) is 0 Å². The molecule has 0 saturated carbocycles. The molecule has 0 saturated heterocycles. The van der Waals surface area contributed by atoms with Gasteiger partial charge in [-0.1, -0.05) is 11.8 Å². The van der Waals surface area contributed by atoms with Crippen LogP contribution in [0.5, 0.6) is 0 Å². The summed E-state index contributed by atoms with van der Waals surface area (Å²) in [5, 5.41) is 11.4. The molecule has 108 valence electrons. The number of aromatic nitrogens is 2. The highest BCUT2D eigenvalue weighted by atomic mass is 19.1. The van der Waals surface area contributed by atoms with Gasteiger partial charge in [-0.25, -0.2) is 9.37 Å². The normalized spacial score (nSPS) is 9.81. The van der Waals surface area contributed by atoms with E-state index in [2.05, 4.69) is 22.1 Å². The molecule has 0 aliphatic carbocycles. The highest BCUT2D eigenvalue weighted by molar-refractivity contribution is 5.96. The Labute approximate surface area is 121 Å². The first-order chi connectivity index (χ1) is 10.2. The van der Waals surface area contributed by atoms with Crippen LogP contribution < -0.4 is 5.32 Å². The SMILES string of the molecule is O=C(NCCn1ccnc1)c1ccc(F)cc1C#CCO. The minimum absolute atomic E-state index is 0.254. The van der Waals surface area contributed by atoms with E-state index in [1.165, 1.54) is 18.2 Å². The Bertz CT molecular complexity index is 672. The maximum atomic E-state index is 13.2. The second-order valence-electron chi connectivity index (χ2n) is 4.21. The number of carbonyl (C=O) groups excluding carboxylic acids is 1. The van der Waals surface area contributed by atoms with Crippen LogP contribution in [0, 0.1) is 17.7 Å². The van der Waals surface area contributed by atoms with E-state index >= 15 is 0 Å². The summed E-state index contributed by atoms with van der Waals surface area (Å²) in [5.74, 6) is 4.17. The molecule has 1 aromatic heterocycles. The summed E-state index contributed by atoms with van der Waals surface area (Å²) in [6, 6.07) is 3.76. The van der Waals surface area contributed by atoms with E-state index in [1.54, 1.807) is 18.7 Å². The molecule has 2 rings (SSSR count). The number of nitrogens with one attached hydrogen (secondary N) is 1. The van der Waals surface area contributed by atoms with Gasteiger partial charge in [0.15, 0.2) is 0 Å². The Morgan fingerprint density at radius 3 is 3.05 bits per heavy atom. The van der Waals surface area contributed by atoms with Crippen molar-refractivity contribution < 1.29 is 14.3 Å². The molecule has 21 heavy (non-hydrogen) atoms. The first-order valence-electron chi connectivity index (χ1n) is 6.34. The van der Waals surface area contributed by atoms with Crippen LogP contribution in [0.1, 0.15) is 15.9 Å². The maximum absolute atomic E-state index is 13.2. The fourth-order valence-corrected chi connectivity index (χ4v) is 1.77. The summed E-state index contributed by atoms with van der Waals surface area (Å²) in [7, 11) is 0. The van der Waals surface area contributed by atoms with Gasteiger partial charge in [-0.3, -0.25) is 4.79 Å². The van der Waals surface area contributed by atoms with Crippen LogP contribution in [-0.2, 0) is 6.54 Å². The zero-order valence-electron chi connectivity index (χ0n) is 11.2. The molecule has 6 heteroatoms. The minimum atomic E-state index is -0.479. The fraction of sp³-hybridized carbons (Fsp3) is 0.200. The van der Waals surface area contributed by atoms with E-state index in [1.807, 2.05) is 4.57 Å². The van der Waals surface area contributed by atoms with Crippen LogP contribution in [0.15, 0.2) is 36.9 Å². The zero-order chi connectivity index (χ0) is 15.1. The van der Waals surface area contributed by atoms with Crippen molar-refractivity contribution in [1.82, 2.24) is 14.9 Å². The van der Waals surface area contributed by atoms with Crippen molar-refractivity contribution in [3.63, 3.8) is 0 Å². The number of amides is 1. The van der Waals surface area contributed by atoms with Gasteiger partial charge < -0.3 is 15.0 Å². The monoisotopic (exact) mass is 287 g/mol. The first-order valence-corrected chi connectivity index (χ1v) is 6.34. The number of hydrogen-bond acceptors (Lipinski definition) is 3. The molecule has 0 atom stereocenters. The standard InChI is InChI=1S/C15H14FN3O2/c16-13-3-4-14(12(10-13)2-1-9-20)15(21)18-6-8-19-7-5-17-11-19/h3-5,7,10-11,20H,6,8-9H2,(H,18,21). The number of aliphatic hydroxyl groups is 1. The van der Waals surface area contributed by atoms with E-state index in [-0.39, 0.29) is 23.6 Å². The highest BCUT2D eigenvalue weighted by Gasteiger charge is 2.10. The van der Waals surface area contributed by atoms with Gasteiger partial charge in [0.05, 0.1) is 11.9 Å². The summed E-state index contributed by atoms with van der Waals surface area (Å²) >= 11 is 0. The molecule has 0 radical (unpaired) electrons. The van der Waals surface area contributed by atoms with Crippen LogP contribution in [0.2, 0.25) is 0 Å². The second-order valence-corrected chi connectivity index (χ2v) is 4.21. The lowest BCUT2D eigenvalue weighted by Crippen LogP contribution is -2.27. The van der Waals surface area contributed by atoms with Gasteiger partial charge in [0, 0.05) is 31.0 Å². The van der Waals surface area contributed by atoms with E-state index in [0.717, 1.165) is 0 Å². The average Bonchev–Trinajstić information content (AvgIpc) is 2.98. The van der Waals surface area contributed by atoms with Gasteiger partial charge in [0.2, 0.25) is 0 Å². The molecule has 2 aromatic rings. The van der Waals surface area contributed by atoms with E-state index in [0.29, 0.717) is 13.1 Å². The molecule has 0 bridgehead atoms. The summed E-state index contributed by atoms with van der Waals surface area (Å²) in [4.78, 5) is 16.0. The molecule has 0 fully saturated rings. The van der Waals surface area contributed by atoms with Crippen molar-refractivity contribution in [3.05, 3.63) is 53.9 Å². The quantitative estimate of drug-likeness (QED) is 0.817. The van der Waals surface area contributed by atoms with Crippen LogP contribution in [-0.4, -0.2) is 33.7 Å². The Hall–Kier alpha value is -2.65. The highest BCUT2D eigenvalue weighted by Crippen LogP contribution is 2.10. The molecule has 1 aromatic carbocycles. The lowest BCUT2D eigenvalue weighted by atomic mass is 10.1. The molecular weight excluding hydrogens is 273 g/mol. The number of benzene rings is 1. The number of nitrogens with zero attached hydrogens (tertiary/aromatic N) is 2. The van der Waals surface area contributed by atoms with Crippen molar-refractivity contribution in [2.24, 2.45) is 0 Å². The average molecular weight is 287 g/mol. The summed E-state index contributed by atoms with van der Waals surface area (Å²) in [6.45, 7) is 0.655. The van der Waals surface area contributed by atoms with Crippen LogP contribution >= 0.6 is 0 Å². The van der Waals surface area contributed by atoms with Crippen molar-refractivity contribution in [2.75, 3.05) is 13.2 Å². The van der Waals surface area contributed by atoms with Crippen LogP contribution in [0.4, 0.5) is 4.39 Å². The number of carbonyl (C=O) groups is 1. The van der Waals surface area contributed by atoms with E-state index in [4.69, 9.17) is 5.11 Å². The second kappa shape index (κ2) is 7.22. The smallest absolute Gasteiger partial charge is 0.252 e. The number of imidazole rings is 1. The molecular formula is C15H14FN3O2. The number of hydrogen-bond donors (Lipinski definition) is 2. The fourth-order valence-electron chi connectivity index (χ4n) is 1.77. The summed E-state index contributed by atoms with van der Waals surface area (Å²) in [5.41, 5.74) is 0.534. The molecule has 0 aliphatic heterocycles. The Kier molecular flexibility index (Phi) is 5.07. The van der Waals surface area contributed by atoms with Gasteiger partial charge in [-0.15, -0.1) is 0 Å². The third kappa shape index (κ3) is 4.16. The van der Waals surface area contributed by atoms with Crippen molar-refractivity contribution >= 4 is 5.91 Å². The van der Waals surface area contributed by atoms with Gasteiger partial charge in [0.1, 0.15) is 12.4 Å². The Morgan fingerprint density at radius 1 is 1.48 bits per heavy atom. The lowest BCUT2D eigenvalue weighted by molar-refractivity contribution is 0.0952. The van der Waals surface area contributed by atoms with Crippen LogP contribution in [0.3, 0.4) is 0 Å². The van der Waals surface area contributed by atoms with Gasteiger partial charge in [0.25, 0.3) is 5.91 Å². The Morgan fingerprint density at radius 2 is 2.33 bits per heavy atom. The predicted octanol–water partition coefficient (Wildman–Crippen LogP) is 0.796. The zero-order valence-corrected chi connectivity index (χ0v) is 11.2. The number of aliphatic hydroxyl groups excluding tert-OH is 1. The van der Waals surface area contributed by atoms with E-state index < -0.39 is 5.82 Å². The third-order valence-electron chi connectivity index (χ3n) is 2.74. The van der Waals surface area contributed by atoms with Crippen molar-refractivity contribution in [2.45, 2.75) is 6.54 Å². The molecule has 0 spiro atoms. The number of halogens is 1. The number of rotatable bonds is 4. The maximum Gasteiger partial charge on any atom is 0.252 e. The van der Waals surface area contributed by atoms with Crippen molar-refractivity contribution in [3.8, 4) is 11.8 Å². The van der Waals surface area contributed by atoms with Gasteiger partial charge in [-0.05, 0) is 18.2 Å². The van der Waals surface area contributed by atoms with E-state index in [9.17, 15) is 9.18 Å². The van der Waals surface area contributed by atoms with Crippen LogP contribution in [0.25, 0.3) is 0 Å².